The number of nitrogens with zero attached hydrogens (tertiary/aromatic N) is 1. The van der Waals surface area contributed by atoms with Crippen LogP contribution in [0.3, 0.4) is 0 Å². The second-order valence-electron chi connectivity index (χ2n) is 3.80. The fourth-order valence-electron chi connectivity index (χ4n) is 1.82. The molecule has 0 aromatic heterocycles. The first kappa shape index (κ1) is 11.7. The molecule has 17 heavy (non-hydrogen) atoms. The highest BCUT2D eigenvalue weighted by molar-refractivity contribution is 5.48. The molecule has 1 aromatic carbocycles. The van der Waals surface area contributed by atoms with E-state index in [1.165, 1.54) is 6.08 Å². The highest BCUT2D eigenvalue weighted by atomic mass is 19.2. The molecular formula is C11H8F3NO2. The average molecular weight is 243 g/mol. The zero-order chi connectivity index (χ0) is 12.6. The van der Waals surface area contributed by atoms with Crippen molar-refractivity contribution < 1.29 is 22.7 Å². The maximum absolute atomic E-state index is 13.7. The number of methoxy groups -OCH3 is 1. The molecule has 1 saturated carbocycles. The standard InChI is InChI=1S/C11H8F3NO2/c1-17-10-7(13)4-6(12)9(14)8(10)11(2-3-11)15-5-16/h4H,2-3H2,1H3. The van der Waals surface area contributed by atoms with Crippen molar-refractivity contribution >= 4 is 6.08 Å². The predicted molar refractivity (Wildman–Crippen MR) is 51.9 cm³/mol. The van der Waals surface area contributed by atoms with Gasteiger partial charge in [0.25, 0.3) is 0 Å². The lowest BCUT2D eigenvalue weighted by Crippen LogP contribution is -2.11. The predicted octanol–water partition coefficient (Wildman–Crippen LogP) is 2.44. The van der Waals surface area contributed by atoms with Gasteiger partial charge in [-0.05, 0) is 12.8 Å². The summed E-state index contributed by atoms with van der Waals surface area (Å²) in [5.74, 6) is -4.00. The summed E-state index contributed by atoms with van der Waals surface area (Å²) in [7, 11) is 1.14. The summed E-state index contributed by atoms with van der Waals surface area (Å²) in [4.78, 5) is 13.7. The van der Waals surface area contributed by atoms with E-state index in [1.54, 1.807) is 0 Å². The van der Waals surface area contributed by atoms with Crippen LogP contribution in [-0.4, -0.2) is 13.2 Å². The Morgan fingerprint density at radius 1 is 1.35 bits per heavy atom. The summed E-state index contributed by atoms with van der Waals surface area (Å²) in [5.41, 5.74) is -1.57. The maximum atomic E-state index is 13.7. The van der Waals surface area contributed by atoms with Gasteiger partial charge in [-0.15, -0.1) is 0 Å². The van der Waals surface area contributed by atoms with Crippen molar-refractivity contribution in [1.29, 1.82) is 0 Å². The topological polar surface area (TPSA) is 38.7 Å². The SMILES string of the molecule is COc1c(F)cc(F)c(F)c1C1(N=C=O)CC1. The highest BCUT2D eigenvalue weighted by Crippen LogP contribution is 2.53. The van der Waals surface area contributed by atoms with Gasteiger partial charge in [-0.2, -0.15) is 4.99 Å². The van der Waals surface area contributed by atoms with Crippen molar-refractivity contribution in [3.8, 4) is 5.75 Å². The molecule has 0 unspecified atom stereocenters. The summed E-state index contributed by atoms with van der Waals surface area (Å²) in [6.07, 6.45) is 1.96. The van der Waals surface area contributed by atoms with E-state index in [0.717, 1.165) is 7.11 Å². The monoisotopic (exact) mass is 243 g/mol. The first-order valence-corrected chi connectivity index (χ1v) is 4.87. The molecule has 1 fully saturated rings. The van der Waals surface area contributed by atoms with E-state index in [9.17, 15) is 18.0 Å². The van der Waals surface area contributed by atoms with E-state index in [-0.39, 0.29) is 5.56 Å². The summed E-state index contributed by atoms with van der Waals surface area (Å²) >= 11 is 0. The summed E-state index contributed by atoms with van der Waals surface area (Å²) in [5, 5.41) is 0. The molecule has 0 heterocycles. The van der Waals surface area contributed by atoms with E-state index in [0.29, 0.717) is 18.9 Å². The van der Waals surface area contributed by atoms with Gasteiger partial charge in [0.2, 0.25) is 6.08 Å². The zero-order valence-corrected chi connectivity index (χ0v) is 8.89. The Morgan fingerprint density at radius 3 is 2.47 bits per heavy atom. The van der Waals surface area contributed by atoms with Gasteiger partial charge in [-0.3, -0.25) is 0 Å². The Hall–Kier alpha value is -1.81. The van der Waals surface area contributed by atoms with E-state index in [2.05, 4.69) is 4.99 Å². The molecule has 0 bridgehead atoms. The van der Waals surface area contributed by atoms with Gasteiger partial charge < -0.3 is 4.74 Å². The van der Waals surface area contributed by atoms with E-state index in [4.69, 9.17) is 4.74 Å². The van der Waals surface area contributed by atoms with Crippen LogP contribution in [0, 0.1) is 17.5 Å². The number of isocyanates is 1. The summed E-state index contributed by atoms with van der Waals surface area (Å²) < 4.78 is 45.0. The van der Waals surface area contributed by atoms with Crippen LogP contribution >= 0.6 is 0 Å². The molecular weight excluding hydrogens is 235 g/mol. The highest BCUT2D eigenvalue weighted by Gasteiger charge is 2.50. The number of carbonyl (C=O) groups excluding carboxylic acids is 1. The van der Waals surface area contributed by atoms with Crippen LogP contribution < -0.4 is 4.74 Å². The van der Waals surface area contributed by atoms with Gasteiger partial charge in [0.1, 0.15) is 5.54 Å². The number of rotatable bonds is 3. The van der Waals surface area contributed by atoms with Crippen LogP contribution in [0.2, 0.25) is 0 Å². The van der Waals surface area contributed by atoms with Crippen LogP contribution in [0.5, 0.6) is 5.75 Å². The van der Waals surface area contributed by atoms with Gasteiger partial charge in [0, 0.05) is 6.07 Å². The minimum absolute atomic E-state index is 0.332. The number of hydrogen-bond donors (Lipinski definition) is 0. The fraction of sp³-hybridized carbons (Fsp3) is 0.364. The Bertz CT molecular complexity index is 520. The molecule has 0 radical (unpaired) electrons. The Kier molecular flexibility index (Phi) is 2.67. The number of halogens is 3. The fourth-order valence-corrected chi connectivity index (χ4v) is 1.82. The van der Waals surface area contributed by atoms with E-state index in [1.807, 2.05) is 0 Å². The normalized spacial score (nSPS) is 16.2. The minimum atomic E-state index is -1.33. The quantitative estimate of drug-likeness (QED) is 0.464. The third-order valence-electron chi connectivity index (χ3n) is 2.78. The lowest BCUT2D eigenvalue weighted by atomic mass is 10.0. The Labute approximate surface area is 94.9 Å². The molecule has 0 aliphatic heterocycles. The molecule has 1 aromatic rings. The van der Waals surface area contributed by atoms with E-state index < -0.39 is 28.7 Å². The van der Waals surface area contributed by atoms with Gasteiger partial charge >= 0.3 is 0 Å². The lowest BCUT2D eigenvalue weighted by Gasteiger charge is -2.15. The van der Waals surface area contributed by atoms with Crippen LogP contribution in [0.25, 0.3) is 0 Å². The van der Waals surface area contributed by atoms with Gasteiger partial charge in [-0.25, -0.2) is 18.0 Å². The number of benzene rings is 1. The number of ether oxygens (including phenoxy) is 1. The lowest BCUT2D eigenvalue weighted by molar-refractivity contribution is 0.361. The first-order chi connectivity index (χ1) is 8.05. The van der Waals surface area contributed by atoms with E-state index >= 15 is 0 Å². The van der Waals surface area contributed by atoms with Crippen molar-refractivity contribution in [3.63, 3.8) is 0 Å². The number of aliphatic imine (C=N–C) groups is 1. The second-order valence-corrected chi connectivity index (χ2v) is 3.80. The summed E-state index contributed by atoms with van der Waals surface area (Å²) in [6, 6.07) is 0.401. The zero-order valence-electron chi connectivity index (χ0n) is 8.89. The molecule has 0 saturated heterocycles. The van der Waals surface area contributed by atoms with Crippen molar-refractivity contribution in [2.75, 3.05) is 7.11 Å². The van der Waals surface area contributed by atoms with Crippen LogP contribution in [0.4, 0.5) is 13.2 Å². The van der Waals surface area contributed by atoms with Crippen LogP contribution in [0.1, 0.15) is 18.4 Å². The minimum Gasteiger partial charge on any atom is -0.493 e. The Balaban J connectivity index is 2.71. The van der Waals surface area contributed by atoms with Gasteiger partial charge in [0.15, 0.2) is 23.2 Å². The number of hydrogen-bond acceptors (Lipinski definition) is 3. The van der Waals surface area contributed by atoms with Crippen molar-refractivity contribution in [2.24, 2.45) is 4.99 Å². The molecule has 2 rings (SSSR count). The average Bonchev–Trinajstić information content (AvgIpc) is 3.04. The smallest absolute Gasteiger partial charge is 0.235 e. The molecule has 0 N–H and O–H groups in total. The van der Waals surface area contributed by atoms with Gasteiger partial charge in [0.05, 0.1) is 12.7 Å². The Morgan fingerprint density at radius 2 is 2.00 bits per heavy atom. The molecule has 0 spiro atoms. The van der Waals surface area contributed by atoms with Gasteiger partial charge in [-0.1, -0.05) is 0 Å². The summed E-state index contributed by atoms with van der Waals surface area (Å²) in [6.45, 7) is 0. The van der Waals surface area contributed by atoms with Crippen molar-refractivity contribution in [3.05, 3.63) is 29.1 Å². The molecule has 6 heteroatoms. The molecule has 1 aliphatic rings. The largest absolute Gasteiger partial charge is 0.493 e. The first-order valence-electron chi connectivity index (χ1n) is 4.87. The maximum Gasteiger partial charge on any atom is 0.235 e. The molecule has 0 amide bonds. The van der Waals surface area contributed by atoms with Crippen LogP contribution in [0.15, 0.2) is 11.1 Å². The van der Waals surface area contributed by atoms with Crippen molar-refractivity contribution in [1.82, 2.24) is 0 Å². The molecule has 3 nitrogen and oxygen atoms in total. The molecule has 90 valence electrons. The molecule has 1 aliphatic carbocycles. The third-order valence-corrected chi connectivity index (χ3v) is 2.78. The molecule has 0 atom stereocenters. The van der Waals surface area contributed by atoms with Crippen LogP contribution in [-0.2, 0) is 10.3 Å². The second kappa shape index (κ2) is 3.89. The van der Waals surface area contributed by atoms with Crippen molar-refractivity contribution in [2.45, 2.75) is 18.4 Å². The third kappa shape index (κ3) is 1.70.